The number of nitrogens with zero attached hydrogens (tertiary/aromatic N) is 1. The molecule has 5 heteroatoms. The van der Waals surface area contributed by atoms with Crippen LogP contribution in [0, 0.1) is 34.5 Å². The molecule has 0 saturated heterocycles. The summed E-state index contributed by atoms with van der Waals surface area (Å²) in [5.74, 6) is 1.65. The van der Waals surface area contributed by atoms with Gasteiger partial charge in [-0.25, -0.2) is 4.79 Å². The van der Waals surface area contributed by atoms with Gasteiger partial charge in [0.05, 0.1) is 18.7 Å². The Labute approximate surface area is 160 Å². The molecule has 1 aromatic rings. The standard InChI is InChI=1S/C22H26N2O3/c1-27-20(25)19(9-14-2-4-15(13-23)5-3-14)24-21(26)22-10-16-6-17(11-22)8-18(7-16)12-22/h2-5,16-19H,6-12H2,1H3,(H,24,26)/t16?,17?,18?,19-,22?/m0/s1. The molecule has 1 N–H and O–H groups in total. The minimum Gasteiger partial charge on any atom is -0.467 e. The number of amides is 1. The smallest absolute Gasteiger partial charge is 0.328 e. The number of hydrogen-bond acceptors (Lipinski definition) is 4. The van der Waals surface area contributed by atoms with E-state index in [0.29, 0.717) is 29.7 Å². The van der Waals surface area contributed by atoms with Gasteiger partial charge in [-0.2, -0.15) is 5.26 Å². The molecule has 4 aliphatic rings. The third-order valence-electron chi connectivity index (χ3n) is 6.83. The minimum absolute atomic E-state index is 0.0330. The molecule has 0 unspecified atom stereocenters. The van der Waals surface area contributed by atoms with E-state index in [1.807, 2.05) is 12.1 Å². The van der Waals surface area contributed by atoms with Crippen LogP contribution in [0.15, 0.2) is 24.3 Å². The van der Waals surface area contributed by atoms with Gasteiger partial charge in [-0.05, 0) is 74.0 Å². The van der Waals surface area contributed by atoms with Gasteiger partial charge in [0.25, 0.3) is 0 Å². The first-order chi connectivity index (χ1) is 13.0. The lowest BCUT2D eigenvalue weighted by atomic mass is 9.49. The molecule has 0 heterocycles. The van der Waals surface area contributed by atoms with E-state index in [1.54, 1.807) is 12.1 Å². The Hall–Kier alpha value is -2.35. The maximum Gasteiger partial charge on any atom is 0.328 e. The molecule has 1 aromatic carbocycles. The first kappa shape index (κ1) is 18.0. The summed E-state index contributed by atoms with van der Waals surface area (Å²) in [6.07, 6.45) is 7.10. The molecule has 0 radical (unpaired) electrons. The van der Waals surface area contributed by atoms with Crippen molar-refractivity contribution in [2.24, 2.45) is 23.2 Å². The molecule has 5 nitrogen and oxygen atoms in total. The lowest BCUT2D eigenvalue weighted by molar-refractivity contribution is -0.152. The van der Waals surface area contributed by atoms with Gasteiger partial charge in [0.15, 0.2) is 0 Å². The van der Waals surface area contributed by atoms with Gasteiger partial charge in [-0.3, -0.25) is 4.79 Å². The summed E-state index contributed by atoms with van der Waals surface area (Å²) in [6, 6.07) is 8.50. The summed E-state index contributed by atoms with van der Waals surface area (Å²) in [4.78, 5) is 25.6. The van der Waals surface area contributed by atoms with Crippen LogP contribution in [0.5, 0.6) is 0 Å². The van der Waals surface area contributed by atoms with Gasteiger partial charge >= 0.3 is 5.97 Å². The van der Waals surface area contributed by atoms with E-state index >= 15 is 0 Å². The fraction of sp³-hybridized carbons (Fsp3) is 0.591. The largest absolute Gasteiger partial charge is 0.467 e. The van der Waals surface area contributed by atoms with E-state index in [9.17, 15) is 9.59 Å². The van der Waals surface area contributed by atoms with Crippen molar-refractivity contribution in [1.82, 2.24) is 5.32 Å². The number of hydrogen-bond donors (Lipinski definition) is 1. The maximum absolute atomic E-state index is 13.3. The summed E-state index contributed by atoms with van der Waals surface area (Å²) < 4.78 is 4.94. The number of benzene rings is 1. The first-order valence-corrected chi connectivity index (χ1v) is 9.89. The van der Waals surface area contributed by atoms with Crippen LogP contribution < -0.4 is 5.32 Å². The molecule has 5 rings (SSSR count). The van der Waals surface area contributed by atoms with E-state index in [-0.39, 0.29) is 11.3 Å². The van der Waals surface area contributed by atoms with Gasteiger partial charge in [0, 0.05) is 11.8 Å². The predicted octanol–water partition coefficient (Wildman–Crippen LogP) is 2.97. The predicted molar refractivity (Wildman–Crippen MR) is 99.4 cm³/mol. The number of rotatable bonds is 5. The van der Waals surface area contributed by atoms with Crippen molar-refractivity contribution >= 4 is 11.9 Å². The van der Waals surface area contributed by atoms with Crippen LogP contribution in [0.1, 0.15) is 49.7 Å². The molecule has 27 heavy (non-hydrogen) atoms. The van der Waals surface area contributed by atoms with Crippen LogP contribution >= 0.6 is 0 Å². The van der Waals surface area contributed by atoms with E-state index < -0.39 is 12.0 Å². The molecule has 1 atom stereocenters. The number of nitrogens with one attached hydrogen (secondary N) is 1. The molecule has 0 aliphatic heterocycles. The highest BCUT2D eigenvalue weighted by Crippen LogP contribution is 2.60. The molecule has 4 saturated carbocycles. The molecule has 4 bridgehead atoms. The zero-order valence-corrected chi connectivity index (χ0v) is 15.7. The third-order valence-corrected chi connectivity index (χ3v) is 6.83. The maximum atomic E-state index is 13.3. The van der Waals surface area contributed by atoms with Crippen LogP contribution in [0.4, 0.5) is 0 Å². The lowest BCUT2D eigenvalue weighted by Gasteiger charge is -2.55. The second-order valence-corrected chi connectivity index (χ2v) is 8.76. The number of carbonyl (C=O) groups excluding carboxylic acids is 2. The molecule has 4 fully saturated rings. The molecule has 0 spiro atoms. The Morgan fingerprint density at radius 3 is 2.19 bits per heavy atom. The molecule has 142 valence electrons. The Morgan fingerprint density at radius 1 is 1.15 bits per heavy atom. The number of carbonyl (C=O) groups is 2. The van der Waals surface area contributed by atoms with Crippen LogP contribution in [-0.2, 0) is 20.7 Å². The van der Waals surface area contributed by atoms with Crippen LogP contribution in [0.3, 0.4) is 0 Å². The summed E-state index contributed by atoms with van der Waals surface area (Å²) >= 11 is 0. The normalized spacial score (nSPS) is 31.8. The highest BCUT2D eigenvalue weighted by molar-refractivity contribution is 5.88. The molecule has 0 aromatic heterocycles. The molecule has 4 aliphatic carbocycles. The number of methoxy groups -OCH3 is 1. The van der Waals surface area contributed by atoms with Crippen molar-refractivity contribution in [3.8, 4) is 6.07 Å². The highest BCUT2D eigenvalue weighted by atomic mass is 16.5. The summed E-state index contributed by atoms with van der Waals surface area (Å²) in [7, 11) is 1.35. The number of ether oxygens (including phenoxy) is 1. The van der Waals surface area contributed by atoms with Crippen molar-refractivity contribution < 1.29 is 14.3 Å². The summed E-state index contributed by atoms with van der Waals surface area (Å²) in [5.41, 5.74) is 1.19. The SMILES string of the molecule is COC(=O)[C@H](Cc1ccc(C#N)cc1)NC(=O)C12CC3CC(CC(C3)C1)C2. The van der Waals surface area contributed by atoms with Crippen molar-refractivity contribution in [2.75, 3.05) is 7.11 Å². The van der Waals surface area contributed by atoms with E-state index in [2.05, 4.69) is 11.4 Å². The van der Waals surface area contributed by atoms with Gasteiger partial charge in [0.1, 0.15) is 6.04 Å². The highest BCUT2D eigenvalue weighted by Gasteiger charge is 2.55. The van der Waals surface area contributed by atoms with Crippen molar-refractivity contribution in [3.05, 3.63) is 35.4 Å². The molecular formula is C22H26N2O3. The minimum atomic E-state index is -0.691. The average molecular weight is 366 g/mol. The second-order valence-electron chi connectivity index (χ2n) is 8.76. The zero-order valence-electron chi connectivity index (χ0n) is 15.7. The fourth-order valence-electron chi connectivity index (χ4n) is 5.99. The zero-order chi connectivity index (χ0) is 19.0. The Bertz CT molecular complexity index is 742. The van der Waals surface area contributed by atoms with Crippen LogP contribution in [-0.4, -0.2) is 25.0 Å². The first-order valence-electron chi connectivity index (χ1n) is 9.89. The van der Waals surface area contributed by atoms with Gasteiger partial charge in [-0.1, -0.05) is 12.1 Å². The van der Waals surface area contributed by atoms with Crippen LogP contribution in [0.2, 0.25) is 0 Å². The molecular weight excluding hydrogens is 340 g/mol. The Balaban J connectivity index is 1.49. The fourth-order valence-corrected chi connectivity index (χ4v) is 5.99. The number of nitriles is 1. The monoisotopic (exact) mass is 366 g/mol. The van der Waals surface area contributed by atoms with Crippen molar-refractivity contribution in [1.29, 1.82) is 5.26 Å². The Kier molecular flexibility index (Phi) is 4.67. The Morgan fingerprint density at radius 2 is 1.70 bits per heavy atom. The number of esters is 1. The van der Waals surface area contributed by atoms with Crippen LogP contribution in [0.25, 0.3) is 0 Å². The lowest BCUT2D eigenvalue weighted by Crippen LogP contribution is -2.56. The third kappa shape index (κ3) is 3.45. The second kappa shape index (κ2) is 6.99. The van der Waals surface area contributed by atoms with E-state index in [0.717, 1.165) is 24.8 Å². The summed E-state index contributed by atoms with van der Waals surface area (Å²) in [5, 5.41) is 11.9. The van der Waals surface area contributed by atoms with E-state index in [1.165, 1.54) is 26.4 Å². The summed E-state index contributed by atoms with van der Waals surface area (Å²) in [6.45, 7) is 0. The van der Waals surface area contributed by atoms with Gasteiger partial charge in [0.2, 0.25) is 5.91 Å². The van der Waals surface area contributed by atoms with Gasteiger partial charge < -0.3 is 10.1 Å². The van der Waals surface area contributed by atoms with Gasteiger partial charge in [-0.15, -0.1) is 0 Å². The van der Waals surface area contributed by atoms with Crippen molar-refractivity contribution in [2.45, 2.75) is 51.0 Å². The average Bonchev–Trinajstić information content (AvgIpc) is 2.66. The molecule has 1 amide bonds. The van der Waals surface area contributed by atoms with E-state index in [4.69, 9.17) is 10.00 Å². The van der Waals surface area contributed by atoms with Crippen molar-refractivity contribution in [3.63, 3.8) is 0 Å². The quantitative estimate of drug-likeness (QED) is 0.813. The topological polar surface area (TPSA) is 79.2 Å².